The Hall–Kier alpha value is -2.47. The van der Waals surface area contributed by atoms with Crippen LogP contribution in [-0.2, 0) is 16.0 Å². The predicted molar refractivity (Wildman–Crippen MR) is 99.0 cm³/mol. The Morgan fingerprint density at radius 3 is 2.54 bits per heavy atom. The summed E-state index contributed by atoms with van der Waals surface area (Å²) in [5.41, 5.74) is 1.12. The first-order valence-corrected chi connectivity index (χ1v) is 8.93. The first-order valence-electron chi connectivity index (χ1n) is 8.14. The van der Waals surface area contributed by atoms with Crippen LogP contribution in [0, 0.1) is 5.82 Å². The van der Waals surface area contributed by atoms with E-state index in [0.717, 1.165) is 5.56 Å². The van der Waals surface area contributed by atoms with E-state index >= 15 is 0 Å². The van der Waals surface area contributed by atoms with Crippen LogP contribution in [0.4, 0.5) is 4.39 Å². The fourth-order valence-electron chi connectivity index (χ4n) is 3.18. The summed E-state index contributed by atoms with van der Waals surface area (Å²) < 4.78 is 15.1. The van der Waals surface area contributed by atoms with Gasteiger partial charge in [-0.05, 0) is 31.0 Å². The lowest BCUT2D eigenvalue weighted by Crippen LogP contribution is -2.33. The van der Waals surface area contributed by atoms with Gasteiger partial charge in [0.15, 0.2) is 11.5 Å². The quantitative estimate of drug-likeness (QED) is 0.795. The highest BCUT2D eigenvalue weighted by Gasteiger charge is 2.43. The molecule has 2 aromatic carbocycles. The summed E-state index contributed by atoms with van der Waals surface area (Å²) in [6.07, 6.45) is 0.527. The molecule has 0 saturated heterocycles. The largest absolute Gasteiger partial charge is 0.503 e. The predicted octanol–water partition coefficient (Wildman–Crippen LogP) is 4.12. The molecule has 1 aliphatic heterocycles. The van der Waals surface area contributed by atoms with Crippen molar-refractivity contribution in [2.45, 2.75) is 19.4 Å². The molecule has 1 atom stereocenters. The lowest BCUT2D eigenvalue weighted by molar-refractivity contribution is -0.129. The number of ketones is 1. The number of rotatable bonds is 5. The Bertz CT molecular complexity index is 895. The van der Waals surface area contributed by atoms with Crippen molar-refractivity contribution in [3.05, 3.63) is 81.3 Å². The number of hydrogen-bond acceptors (Lipinski definition) is 3. The summed E-state index contributed by atoms with van der Waals surface area (Å²) in [5.74, 6) is -2.25. The van der Waals surface area contributed by atoms with Crippen LogP contribution in [0.5, 0.6) is 0 Å². The summed E-state index contributed by atoms with van der Waals surface area (Å²) in [4.78, 5) is 25.9. The molecule has 3 rings (SSSR count). The molecule has 134 valence electrons. The highest BCUT2D eigenvalue weighted by Crippen LogP contribution is 2.39. The van der Waals surface area contributed by atoms with Gasteiger partial charge in [0.25, 0.3) is 5.91 Å². The van der Waals surface area contributed by atoms with Crippen LogP contribution in [0.25, 0.3) is 0 Å². The Balaban J connectivity index is 1.99. The fourth-order valence-corrected chi connectivity index (χ4v) is 3.52. The first kappa shape index (κ1) is 18.3. The van der Waals surface area contributed by atoms with E-state index in [9.17, 15) is 19.1 Å². The normalized spacial score (nSPS) is 17.1. The van der Waals surface area contributed by atoms with Crippen molar-refractivity contribution in [1.29, 1.82) is 0 Å². The number of aliphatic hydroxyl groups excluding tert-OH is 1. The maximum atomic E-state index is 14.5. The minimum absolute atomic E-state index is 0.0655. The number of carbonyl (C=O) groups excluding carboxylic acids is 2. The average Bonchev–Trinajstić information content (AvgIpc) is 2.85. The average molecular weight is 418 g/mol. The van der Waals surface area contributed by atoms with Gasteiger partial charge in [0.2, 0.25) is 0 Å². The van der Waals surface area contributed by atoms with Crippen LogP contribution >= 0.6 is 15.9 Å². The number of benzene rings is 2. The molecule has 1 N–H and O–H groups in total. The van der Waals surface area contributed by atoms with Crippen LogP contribution in [-0.4, -0.2) is 28.2 Å². The number of nitrogens with zero attached hydrogens (tertiary/aromatic N) is 1. The zero-order valence-corrected chi connectivity index (χ0v) is 15.7. The van der Waals surface area contributed by atoms with Crippen molar-refractivity contribution in [3.8, 4) is 0 Å². The van der Waals surface area contributed by atoms with E-state index in [2.05, 4.69) is 15.9 Å². The zero-order valence-electron chi connectivity index (χ0n) is 14.1. The summed E-state index contributed by atoms with van der Waals surface area (Å²) in [6, 6.07) is 13.0. The van der Waals surface area contributed by atoms with Gasteiger partial charge in [0, 0.05) is 16.6 Å². The number of halogens is 2. The SMILES string of the molecule is CC(=O)C1=C(O)C(=O)N(CCc2ccccc2)C1c1ccc(Br)cc1F. The second-order valence-corrected chi connectivity index (χ2v) is 7.04. The zero-order chi connectivity index (χ0) is 18.8. The first-order chi connectivity index (χ1) is 12.4. The molecule has 1 heterocycles. The Labute approximate surface area is 159 Å². The molecule has 1 aliphatic rings. The molecule has 2 aromatic rings. The highest BCUT2D eigenvalue weighted by molar-refractivity contribution is 9.10. The number of aliphatic hydroxyl groups is 1. The highest BCUT2D eigenvalue weighted by atomic mass is 79.9. The molecule has 26 heavy (non-hydrogen) atoms. The van der Waals surface area contributed by atoms with E-state index in [1.807, 2.05) is 30.3 Å². The maximum absolute atomic E-state index is 14.5. The second-order valence-electron chi connectivity index (χ2n) is 6.12. The minimum Gasteiger partial charge on any atom is -0.503 e. The Kier molecular flexibility index (Phi) is 5.23. The van der Waals surface area contributed by atoms with Gasteiger partial charge < -0.3 is 10.0 Å². The van der Waals surface area contributed by atoms with Crippen molar-refractivity contribution in [1.82, 2.24) is 4.90 Å². The van der Waals surface area contributed by atoms with Crippen LogP contribution in [0.1, 0.15) is 24.1 Å². The van der Waals surface area contributed by atoms with Gasteiger partial charge in [-0.25, -0.2) is 4.39 Å². The third-order valence-corrected chi connectivity index (χ3v) is 4.92. The van der Waals surface area contributed by atoms with Crippen LogP contribution in [0.3, 0.4) is 0 Å². The van der Waals surface area contributed by atoms with Gasteiger partial charge in [-0.1, -0.05) is 52.3 Å². The molecule has 1 amide bonds. The van der Waals surface area contributed by atoms with Gasteiger partial charge in [-0.2, -0.15) is 0 Å². The minimum atomic E-state index is -0.934. The van der Waals surface area contributed by atoms with Crippen molar-refractivity contribution in [3.63, 3.8) is 0 Å². The summed E-state index contributed by atoms with van der Waals surface area (Å²) in [6.45, 7) is 1.52. The standard InChI is InChI=1S/C20H17BrFNO3/c1-12(24)17-18(15-8-7-14(21)11-16(15)22)23(20(26)19(17)25)10-9-13-5-3-2-4-6-13/h2-8,11,18,25H,9-10H2,1H3. The molecule has 0 spiro atoms. The van der Waals surface area contributed by atoms with Crippen LogP contribution in [0.15, 0.2) is 64.3 Å². The molecule has 0 radical (unpaired) electrons. The molecule has 0 aliphatic carbocycles. The van der Waals surface area contributed by atoms with Crippen molar-refractivity contribution in [2.24, 2.45) is 0 Å². The summed E-state index contributed by atoms with van der Waals surface area (Å²) in [7, 11) is 0. The van der Waals surface area contributed by atoms with Gasteiger partial charge in [0.1, 0.15) is 5.82 Å². The van der Waals surface area contributed by atoms with E-state index in [4.69, 9.17) is 0 Å². The number of hydrogen-bond donors (Lipinski definition) is 1. The molecule has 6 heteroatoms. The van der Waals surface area contributed by atoms with E-state index in [1.165, 1.54) is 24.0 Å². The van der Waals surface area contributed by atoms with Crippen LogP contribution < -0.4 is 0 Å². The van der Waals surface area contributed by atoms with Crippen LogP contribution in [0.2, 0.25) is 0 Å². The molecular weight excluding hydrogens is 401 g/mol. The monoisotopic (exact) mass is 417 g/mol. The van der Waals surface area contributed by atoms with Gasteiger partial charge in [-0.15, -0.1) is 0 Å². The summed E-state index contributed by atoms with van der Waals surface area (Å²) >= 11 is 3.20. The van der Waals surface area contributed by atoms with E-state index in [1.54, 1.807) is 6.07 Å². The third-order valence-electron chi connectivity index (χ3n) is 4.42. The van der Waals surface area contributed by atoms with Gasteiger partial charge >= 0.3 is 0 Å². The van der Waals surface area contributed by atoms with Crippen molar-refractivity contribution >= 4 is 27.6 Å². The molecule has 0 aromatic heterocycles. The third kappa shape index (κ3) is 3.42. The number of amides is 1. The van der Waals surface area contributed by atoms with Crippen molar-refractivity contribution < 1.29 is 19.1 Å². The molecule has 4 nitrogen and oxygen atoms in total. The Morgan fingerprint density at radius 2 is 1.92 bits per heavy atom. The molecule has 0 saturated carbocycles. The maximum Gasteiger partial charge on any atom is 0.290 e. The molecule has 0 fully saturated rings. The Morgan fingerprint density at radius 1 is 1.23 bits per heavy atom. The lowest BCUT2D eigenvalue weighted by atomic mass is 9.96. The molecular formula is C20H17BrFNO3. The van der Waals surface area contributed by atoms with Gasteiger partial charge in [-0.3, -0.25) is 9.59 Å². The lowest BCUT2D eigenvalue weighted by Gasteiger charge is -2.27. The molecule has 0 bridgehead atoms. The molecule has 1 unspecified atom stereocenters. The summed E-state index contributed by atoms with van der Waals surface area (Å²) in [5, 5.41) is 10.2. The van der Waals surface area contributed by atoms with E-state index < -0.39 is 29.3 Å². The van der Waals surface area contributed by atoms with E-state index in [-0.39, 0.29) is 17.7 Å². The number of carbonyl (C=O) groups is 2. The van der Waals surface area contributed by atoms with Crippen molar-refractivity contribution in [2.75, 3.05) is 6.54 Å². The smallest absolute Gasteiger partial charge is 0.290 e. The van der Waals surface area contributed by atoms with E-state index in [0.29, 0.717) is 10.9 Å². The topological polar surface area (TPSA) is 57.6 Å². The van der Waals surface area contributed by atoms with Gasteiger partial charge in [0.05, 0.1) is 11.6 Å². The second kappa shape index (κ2) is 7.41. The number of Topliss-reactive ketones (excluding diaryl/α,β-unsaturated/α-hetero) is 1. The fraction of sp³-hybridized carbons (Fsp3) is 0.200.